The van der Waals surface area contributed by atoms with Gasteiger partial charge in [0.05, 0.1) is 10.7 Å². The normalized spacial score (nSPS) is 10.4. The number of aryl methyl sites for hydroxylation is 1. The fraction of sp³-hybridized carbons (Fsp3) is 0.0769. The first-order valence-corrected chi connectivity index (χ1v) is 6.33. The number of rotatable bonds is 2. The lowest BCUT2D eigenvalue weighted by Crippen LogP contribution is -1.96. The number of halogens is 3. The summed E-state index contributed by atoms with van der Waals surface area (Å²) >= 11 is 9.26. The topological polar surface area (TPSA) is 35.2 Å². The van der Waals surface area contributed by atoms with E-state index >= 15 is 0 Å². The van der Waals surface area contributed by atoms with Gasteiger partial charge in [-0.1, -0.05) is 17.7 Å². The van der Waals surface area contributed by atoms with E-state index in [1.807, 2.05) is 19.1 Å². The van der Waals surface area contributed by atoms with E-state index in [0.717, 1.165) is 10.0 Å². The highest BCUT2D eigenvalue weighted by Gasteiger charge is 2.12. The van der Waals surface area contributed by atoms with Crippen molar-refractivity contribution >= 4 is 33.2 Å². The minimum absolute atomic E-state index is 0.240. The molecule has 0 unspecified atom stereocenters. The third-order valence-electron chi connectivity index (χ3n) is 2.45. The van der Waals surface area contributed by atoms with Crippen molar-refractivity contribution in [3.63, 3.8) is 0 Å². The van der Waals surface area contributed by atoms with Crippen LogP contribution in [0, 0.1) is 12.7 Å². The maximum Gasteiger partial charge on any atom is 0.154 e. The van der Waals surface area contributed by atoms with Crippen molar-refractivity contribution in [2.24, 2.45) is 0 Å². The number of nitrogens with two attached hydrogens (primary N) is 1. The molecule has 0 aliphatic heterocycles. The molecule has 94 valence electrons. The van der Waals surface area contributed by atoms with Crippen LogP contribution in [-0.4, -0.2) is 0 Å². The zero-order valence-electron chi connectivity index (χ0n) is 9.51. The molecule has 0 aromatic heterocycles. The summed E-state index contributed by atoms with van der Waals surface area (Å²) in [4.78, 5) is 0. The molecule has 2 rings (SSSR count). The van der Waals surface area contributed by atoms with E-state index in [1.165, 1.54) is 18.2 Å². The molecule has 0 aliphatic rings. The van der Waals surface area contributed by atoms with E-state index in [-0.39, 0.29) is 5.75 Å². The van der Waals surface area contributed by atoms with Gasteiger partial charge in [0.2, 0.25) is 0 Å². The Morgan fingerprint density at radius 3 is 2.72 bits per heavy atom. The number of ether oxygens (including phenoxy) is 1. The maximum absolute atomic E-state index is 13.2. The molecule has 2 N–H and O–H groups in total. The molecule has 0 radical (unpaired) electrons. The SMILES string of the molecule is Cc1ccc(Br)c(N)c1Oc1cc(F)ccc1Cl. The van der Waals surface area contributed by atoms with Crippen LogP contribution < -0.4 is 10.5 Å². The summed E-state index contributed by atoms with van der Waals surface area (Å²) in [7, 11) is 0. The summed E-state index contributed by atoms with van der Waals surface area (Å²) in [5, 5.41) is 0.329. The van der Waals surface area contributed by atoms with Gasteiger partial charge in [0.15, 0.2) is 5.75 Å². The van der Waals surface area contributed by atoms with E-state index in [2.05, 4.69) is 15.9 Å². The lowest BCUT2D eigenvalue weighted by atomic mass is 10.2. The van der Waals surface area contributed by atoms with Gasteiger partial charge in [0.1, 0.15) is 11.6 Å². The monoisotopic (exact) mass is 329 g/mol. The summed E-state index contributed by atoms with van der Waals surface area (Å²) in [6, 6.07) is 7.61. The van der Waals surface area contributed by atoms with Crippen LogP contribution in [0.4, 0.5) is 10.1 Å². The van der Waals surface area contributed by atoms with Crippen LogP contribution in [0.5, 0.6) is 11.5 Å². The Balaban J connectivity index is 2.46. The molecule has 0 amide bonds. The first kappa shape index (κ1) is 13.2. The molecule has 0 saturated carbocycles. The molecule has 0 atom stereocenters. The Morgan fingerprint density at radius 1 is 1.28 bits per heavy atom. The lowest BCUT2D eigenvalue weighted by Gasteiger charge is -2.13. The Bertz CT molecular complexity index is 604. The van der Waals surface area contributed by atoms with Crippen molar-refractivity contribution in [3.05, 3.63) is 51.2 Å². The summed E-state index contributed by atoms with van der Waals surface area (Å²) in [6.07, 6.45) is 0. The summed E-state index contributed by atoms with van der Waals surface area (Å²) in [5.41, 5.74) is 7.21. The number of nitrogen functional groups attached to an aromatic ring is 1. The standard InChI is InChI=1S/C13H10BrClFNO/c1-7-2-4-9(14)12(17)13(7)18-11-6-8(16)3-5-10(11)15/h2-6H,17H2,1H3. The van der Waals surface area contributed by atoms with Gasteiger partial charge in [-0.25, -0.2) is 4.39 Å². The predicted octanol–water partition coefficient (Wildman–Crippen LogP) is 4.92. The highest BCUT2D eigenvalue weighted by molar-refractivity contribution is 9.10. The average Bonchev–Trinajstić information content (AvgIpc) is 2.34. The summed E-state index contributed by atoms with van der Waals surface area (Å²) < 4.78 is 19.5. The van der Waals surface area contributed by atoms with Crippen molar-refractivity contribution in [3.8, 4) is 11.5 Å². The molecule has 2 nitrogen and oxygen atoms in total. The number of hydrogen-bond acceptors (Lipinski definition) is 2. The van der Waals surface area contributed by atoms with Gasteiger partial charge in [0.25, 0.3) is 0 Å². The highest BCUT2D eigenvalue weighted by atomic mass is 79.9. The fourth-order valence-electron chi connectivity index (χ4n) is 1.49. The second kappa shape index (κ2) is 5.16. The first-order valence-electron chi connectivity index (χ1n) is 5.16. The third-order valence-corrected chi connectivity index (χ3v) is 3.45. The Morgan fingerprint density at radius 2 is 2.00 bits per heavy atom. The molecular weight excluding hydrogens is 321 g/mol. The number of benzene rings is 2. The van der Waals surface area contributed by atoms with Crippen molar-refractivity contribution in [2.45, 2.75) is 6.92 Å². The molecule has 0 heterocycles. The third kappa shape index (κ3) is 2.60. The van der Waals surface area contributed by atoms with Gasteiger partial charge in [-0.3, -0.25) is 0 Å². The van der Waals surface area contributed by atoms with Gasteiger partial charge in [-0.2, -0.15) is 0 Å². The van der Waals surface area contributed by atoms with Crippen LogP contribution in [0.1, 0.15) is 5.56 Å². The number of hydrogen-bond donors (Lipinski definition) is 1. The van der Waals surface area contributed by atoms with Gasteiger partial charge < -0.3 is 10.5 Å². The zero-order chi connectivity index (χ0) is 13.3. The van der Waals surface area contributed by atoms with E-state index < -0.39 is 5.82 Å². The largest absolute Gasteiger partial charge is 0.453 e. The molecule has 2 aromatic rings. The van der Waals surface area contributed by atoms with Crippen LogP contribution in [0.25, 0.3) is 0 Å². The molecular formula is C13H10BrClFNO. The zero-order valence-corrected chi connectivity index (χ0v) is 11.8. The van der Waals surface area contributed by atoms with Gasteiger partial charge in [0, 0.05) is 10.5 Å². The molecule has 0 saturated heterocycles. The molecule has 0 spiro atoms. The van der Waals surface area contributed by atoms with Crippen molar-refractivity contribution in [1.82, 2.24) is 0 Å². The fourth-order valence-corrected chi connectivity index (χ4v) is 1.95. The van der Waals surface area contributed by atoms with Crippen LogP contribution in [0.3, 0.4) is 0 Å². The predicted molar refractivity (Wildman–Crippen MR) is 74.8 cm³/mol. The molecule has 0 bridgehead atoms. The van der Waals surface area contributed by atoms with Crippen LogP contribution in [0.15, 0.2) is 34.8 Å². The van der Waals surface area contributed by atoms with Crippen molar-refractivity contribution in [1.29, 1.82) is 0 Å². The molecule has 0 fully saturated rings. The van der Waals surface area contributed by atoms with Crippen molar-refractivity contribution < 1.29 is 9.13 Å². The quantitative estimate of drug-likeness (QED) is 0.793. The number of anilines is 1. The highest BCUT2D eigenvalue weighted by Crippen LogP contribution is 2.38. The first-order chi connectivity index (χ1) is 8.49. The second-order valence-electron chi connectivity index (χ2n) is 3.78. The van der Waals surface area contributed by atoms with Crippen molar-refractivity contribution in [2.75, 3.05) is 5.73 Å². The van der Waals surface area contributed by atoms with E-state index in [4.69, 9.17) is 22.1 Å². The minimum atomic E-state index is -0.416. The second-order valence-corrected chi connectivity index (χ2v) is 5.05. The molecule has 0 aliphatic carbocycles. The van der Waals surface area contributed by atoms with Crippen LogP contribution in [-0.2, 0) is 0 Å². The van der Waals surface area contributed by atoms with Gasteiger partial charge >= 0.3 is 0 Å². The van der Waals surface area contributed by atoms with Crippen LogP contribution in [0.2, 0.25) is 5.02 Å². The summed E-state index contributed by atoms with van der Waals surface area (Å²) in [6.45, 7) is 1.85. The minimum Gasteiger partial charge on any atom is -0.453 e. The Labute approximate surface area is 118 Å². The molecule has 18 heavy (non-hydrogen) atoms. The van der Waals surface area contributed by atoms with E-state index in [1.54, 1.807) is 0 Å². The average molecular weight is 331 g/mol. The molecule has 5 heteroatoms. The van der Waals surface area contributed by atoms with E-state index in [0.29, 0.717) is 16.5 Å². The van der Waals surface area contributed by atoms with Crippen LogP contribution >= 0.6 is 27.5 Å². The Kier molecular flexibility index (Phi) is 3.78. The Hall–Kier alpha value is -1.26. The smallest absolute Gasteiger partial charge is 0.154 e. The molecule has 2 aromatic carbocycles. The van der Waals surface area contributed by atoms with E-state index in [9.17, 15) is 4.39 Å². The van der Waals surface area contributed by atoms with Gasteiger partial charge in [-0.05, 0) is 46.6 Å². The van der Waals surface area contributed by atoms with Gasteiger partial charge in [-0.15, -0.1) is 0 Å². The maximum atomic E-state index is 13.2. The summed E-state index contributed by atoms with van der Waals surface area (Å²) in [5.74, 6) is 0.294. The lowest BCUT2D eigenvalue weighted by molar-refractivity contribution is 0.475.